The van der Waals surface area contributed by atoms with Crippen molar-refractivity contribution in [2.24, 2.45) is 0 Å². The Morgan fingerprint density at radius 1 is 1.05 bits per heavy atom. The molecule has 0 fully saturated rings. The standard InChI is InChI=1S/C29H27FN4O3/c1-29(28(36)31-17-20-8-4-3-5-9-20)19-34-26(16-25(32-34)21-12-14-23(37-2)15-13-21)27(35)33(29)18-22-10-6-7-11-24(22)30/h3-16H,17-19H2,1-2H3,(H,31,36)/t29-/m1/s1. The fourth-order valence-corrected chi connectivity index (χ4v) is 4.56. The molecule has 1 aliphatic rings. The molecular formula is C29H27FN4O3. The van der Waals surface area contributed by atoms with Crippen LogP contribution < -0.4 is 10.1 Å². The molecule has 0 radical (unpaired) electrons. The molecule has 8 heteroatoms. The smallest absolute Gasteiger partial charge is 0.273 e. The second kappa shape index (κ2) is 9.89. The number of rotatable bonds is 7. The van der Waals surface area contributed by atoms with Gasteiger partial charge in [0.25, 0.3) is 5.91 Å². The summed E-state index contributed by atoms with van der Waals surface area (Å²) < 4.78 is 21.4. The minimum absolute atomic E-state index is 0.0518. The fourth-order valence-electron chi connectivity index (χ4n) is 4.56. The lowest BCUT2D eigenvalue weighted by atomic mass is 9.94. The molecule has 0 spiro atoms. The molecule has 1 aromatic heterocycles. The van der Waals surface area contributed by atoms with Gasteiger partial charge in [-0.1, -0.05) is 48.5 Å². The van der Waals surface area contributed by atoms with Crippen molar-refractivity contribution in [3.05, 3.63) is 108 Å². The normalized spacial score (nSPS) is 16.8. The first-order valence-electron chi connectivity index (χ1n) is 12.0. The van der Waals surface area contributed by atoms with Gasteiger partial charge in [0, 0.05) is 17.7 Å². The molecule has 2 heterocycles. The molecule has 2 amide bonds. The third-order valence-corrected chi connectivity index (χ3v) is 6.75. The first kappa shape index (κ1) is 24.2. The topological polar surface area (TPSA) is 76.5 Å². The van der Waals surface area contributed by atoms with E-state index in [0.717, 1.165) is 11.1 Å². The highest BCUT2D eigenvalue weighted by atomic mass is 19.1. The summed E-state index contributed by atoms with van der Waals surface area (Å²) in [5, 5.41) is 7.62. The van der Waals surface area contributed by atoms with E-state index in [-0.39, 0.29) is 24.9 Å². The number of carbonyl (C=O) groups excluding carboxylic acids is 2. The Hall–Kier alpha value is -4.46. The Morgan fingerprint density at radius 2 is 1.76 bits per heavy atom. The number of fused-ring (bicyclic) bond motifs is 1. The van der Waals surface area contributed by atoms with Gasteiger partial charge in [0.2, 0.25) is 5.91 Å². The first-order valence-corrected chi connectivity index (χ1v) is 12.0. The maximum atomic E-state index is 14.6. The van der Waals surface area contributed by atoms with E-state index < -0.39 is 11.4 Å². The maximum absolute atomic E-state index is 14.6. The van der Waals surface area contributed by atoms with E-state index in [1.807, 2.05) is 54.6 Å². The summed E-state index contributed by atoms with van der Waals surface area (Å²) in [5.41, 5.74) is 1.72. The summed E-state index contributed by atoms with van der Waals surface area (Å²) in [6, 6.07) is 24.9. The van der Waals surface area contributed by atoms with Crippen molar-refractivity contribution < 1.29 is 18.7 Å². The molecular weight excluding hydrogens is 471 g/mol. The van der Waals surface area contributed by atoms with Crippen LogP contribution in [0, 0.1) is 5.82 Å². The van der Waals surface area contributed by atoms with Gasteiger partial charge in [-0.2, -0.15) is 5.10 Å². The average Bonchev–Trinajstić information content (AvgIpc) is 3.35. The fraction of sp³-hybridized carbons (Fsp3) is 0.207. The van der Waals surface area contributed by atoms with Crippen molar-refractivity contribution in [2.45, 2.75) is 32.1 Å². The molecule has 37 heavy (non-hydrogen) atoms. The Morgan fingerprint density at radius 3 is 2.46 bits per heavy atom. The summed E-state index contributed by atoms with van der Waals surface area (Å²) in [5.74, 6) is -0.449. The number of hydrogen-bond donors (Lipinski definition) is 1. The van der Waals surface area contributed by atoms with E-state index >= 15 is 0 Å². The minimum atomic E-state index is -1.30. The van der Waals surface area contributed by atoms with Gasteiger partial charge >= 0.3 is 0 Å². The van der Waals surface area contributed by atoms with Crippen LogP contribution >= 0.6 is 0 Å². The van der Waals surface area contributed by atoms with Crippen molar-refractivity contribution in [2.75, 3.05) is 7.11 Å². The van der Waals surface area contributed by atoms with Gasteiger partial charge < -0.3 is 15.0 Å². The molecule has 3 aromatic carbocycles. The first-order chi connectivity index (χ1) is 17.9. The van der Waals surface area contributed by atoms with Crippen LogP contribution in [-0.4, -0.2) is 39.1 Å². The third-order valence-electron chi connectivity index (χ3n) is 6.75. The molecule has 1 atom stereocenters. The molecule has 1 aliphatic heterocycles. The lowest BCUT2D eigenvalue weighted by Gasteiger charge is -2.43. The highest BCUT2D eigenvalue weighted by Crippen LogP contribution is 2.32. The summed E-state index contributed by atoms with van der Waals surface area (Å²) >= 11 is 0. The Labute approximate surface area is 214 Å². The van der Waals surface area contributed by atoms with Crippen molar-refractivity contribution in [3.8, 4) is 17.0 Å². The zero-order valence-corrected chi connectivity index (χ0v) is 20.6. The molecule has 0 aliphatic carbocycles. The molecule has 7 nitrogen and oxygen atoms in total. The average molecular weight is 499 g/mol. The Bertz CT molecular complexity index is 1440. The van der Waals surface area contributed by atoms with Gasteiger partial charge in [-0.25, -0.2) is 4.39 Å². The monoisotopic (exact) mass is 498 g/mol. The maximum Gasteiger partial charge on any atom is 0.273 e. The lowest BCUT2D eigenvalue weighted by Crippen LogP contribution is -2.63. The Balaban J connectivity index is 1.50. The predicted molar refractivity (Wildman–Crippen MR) is 137 cm³/mol. The van der Waals surface area contributed by atoms with Gasteiger partial charge in [-0.05, 0) is 48.9 Å². The quantitative estimate of drug-likeness (QED) is 0.409. The van der Waals surface area contributed by atoms with Crippen LogP contribution in [0.25, 0.3) is 11.3 Å². The van der Waals surface area contributed by atoms with E-state index in [2.05, 4.69) is 10.4 Å². The number of aromatic nitrogens is 2. The number of halogens is 1. The van der Waals surface area contributed by atoms with Crippen molar-refractivity contribution in [1.82, 2.24) is 20.0 Å². The molecule has 4 aromatic rings. The second-order valence-corrected chi connectivity index (χ2v) is 9.23. The van der Waals surface area contributed by atoms with Crippen LogP contribution in [0.2, 0.25) is 0 Å². The molecule has 0 saturated carbocycles. The van der Waals surface area contributed by atoms with Gasteiger partial charge in [0.15, 0.2) is 0 Å². The SMILES string of the molecule is COc1ccc(-c2cc3n(n2)C[C@](C)(C(=O)NCc2ccccc2)N(Cc2ccccc2F)C3=O)cc1. The Kier molecular flexibility index (Phi) is 6.48. The van der Waals surface area contributed by atoms with Crippen molar-refractivity contribution in [3.63, 3.8) is 0 Å². The van der Waals surface area contributed by atoms with E-state index in [1.54, 1.807) is 43.0 Å². The number of benzene rings is 3. The minimum Gasteiger partial charge on any atom is -0.497 e. The third kappa shape index (κ3) is 4.70. The zero-order valence-electron chi connectivity index (χ0n) is 20.6. The van der Waals surface area contributed by atoms with Crippen molar-refractivity contribution in [1.29, 1.82) is 0 Å². The number of methoxy groups -OCH3 is 1. The highest BCUT2D eigenvalue weighted by Gasteiger charge is 2.48. The second-order valence-electron chi connectivity index (χ2n) is 9.23. The van der Waals surface area contributed by atoms with Crippen LogP contribution in [0.5, 0.6) is 5.75 Å². The van der Waals surface area contributed by atoms with E-state index in [4.69, 9.17) is 4.74 Å². The number of nitrogens with zero attached hydrogens (tertiary/aromatic N) is 3. The van der Waals surface area contributed by atoms with Crippen LogP contribution in [0.3, 0.4) is 0 Å². The number of carbonyl (C=O) groups is 2. The molecule has 0 bridgehead atoms. The van der Waals surface area contributed by atoms with Crippen LogP contribution in [0.4, 0.5) is 4.39 Å². The van der Waals surface area contributed by atoms with Gasteiger partial charge in [0.1, 0.15) is 22.8 Å². The van der Waals surface area contributed by atoms with Crippen LogP contribution in [0.15, 0.2) is 84.9 Å². The van der Waals surface area contributed by atoms with Gasteiger partial charge in [-0.15, -0.1) is 0 Å². The van der Waals surface area contributed by atoms with E-state index in [1.165, 1.54) is 11.0 Å². The van der Waals surface area contributed by atoms with Crippen LogP contribution in [-0.2, 0) is 24.4 Å². The van der Waals surface area contributed by atoms with E-state index in [9.17, 15) is 14.0 Å². The summed E-state index contributed by atoms with van der Waals surface area (Å²) in [6.45, 7) is 2.08. The molecule has 0 saturated heterocycles. The number of hydrogen-bond acceptors (Lipinski definition) is 4. The molecule has 5 rings (SSSR count). The summed E-state index contributed by atoms with van der Waals surface area (Å²) in [6.07, 6.45) is 0. The number of ether oxygens (including phenoxy) is 1. The highest BCUT2D eigenvalue weighted by molar-refractivity contribution is 6.00. The number of amides is 2. The van der Waals surface area contributed by atoms with Crippen molar-refractivity contribution >= 4 is 11.8 Å². The van der Waals surface area contributed by atoms with Gasteiger partial charge in [0.05, 0.1) is 25.9 Å². The van der Waals surface area contributed by atoms with E-state index in [0.29, 0.717) is 29.2 Å². The van der Waals surface area contributed by atoms with Crippen LogP contribution in [0.1, 0.15) is 28.5 Å². The molecule has 1 N–H and O–H groups in total. The molecule has 188 valence electrons. The largest absolute Gasteiger partial charge is 0.497 e. The van der Waals surface area contributed by atoms with Gasteiger partial charge in [-0.3, -0.25) is 14.3 Å². The molecule has 0 unspecified atom stereocenters. The predicted octanol–water partition coefficient (Wildman–Crippen LogP) is 4.43. The summed E-state index contributed by atoms with van der Waals surface area (Å²) in [7, 11) is 1.59. The lowest BCUT2D eigenvalue weighted by molar-refractivity contribution is -0.133. The zero-order chi connectivity index (χ0) is 26.0. The number of nitrogens with one attached hydrogen (secondary N) is 1. The summed E-state index contributed by atoms with van der Waals surface area (Å²) in [4.78, 5) is 28.9.